The van der Waals surface area contributed by atoms with Crippen LogP contribution in [-0.2, 0) is 18.5 Å². The van der Waals surface area contributed by atoms with E-state index in [-0.39, 0.29) is 22.4 Å². The zero-order valence-electron chi connectivity index (χ0n) is 18.8. The van der Waals surface area contributed by atoms with Gasteiger partial charge in [0.2, 0.25) is 0 Å². The number of rotatable bonds is 1. The van der Waals surface area contributed by atoms with Crippen LogP contribution < -0.4 is 0 Å². The molecule has 0 aliphatic rings. The molecule has 0 unspecified atom stereocenters. The third kappa shape index (κ3) is 3.84. The smallest absolute Gasteiger partial charge is 0.355 e. The van der Waals surface area contributed by atoms with Gasteiger partial charge in [0.15, 0.2) is 0 Å². The molecule has 0 bridgehead atoms. The average Bonchev–Trinajstić information content (AvgIpc) is 3.38. The highest BCUT2D eigenvalue weighted by Gasteiger charge is 2.39. The number of halogens is 9. The highest BCUT2D eigenvalue weighted by Crippen LogP contribution is 2.43. The molecule has 4 aromatic carbocycles. The van der Waals surface area contributed by atoms with E-state index in [0.29, 0.717) is 39.0 Å². The summed E-state index contributed by atoms with van der Waals surface area (Å²) >= 11 is 0. The van der Waals surface area contributed by atoms with Gasteiger partial charge in [-0.05, 0) is 65.7 Å². The van der Waals surface area contributed by atoms with Crippen molar-refractivity contribution in [1.29, 1.82) is 0 Å². The molecule has 0 spiro atoms. The van der Waals surface area contributed by atoms with Gasteiger partial charge >= 0.3 is 18.5 Å². The molecular weight excluding hydrogens is 523 g/mol. The summed E-state index contributed by atoms with van der Waals surface area (Å²) in [5, 5.41) is 0.718. The highest BCUT2D eigenvalue weighted by molar-refractivity contribution is 6.11. The van der Waals surface area contributed by atoms with Gasteiger partial charge in [0.25, 0.3) is 0 Å². The molecule has 11 heteroatoms. The van der Waals surface area contributed by atoms with Crippen molar-refractivity contribution in [1.82, 2.24) is 9.97 Å². The van der Waals surface area contributed by atoms with Crippen LogP contribution in [0, 0.1) is 0 Å². The second-order valence-electron chi connectivity index (χ2n) is 8.97. The van der Waals surface area contributed by atoms with E-state index in [1.54, 1.807) is 24.3 Å². The summed E-state index contributed by atoms with van der Waals surface area (Å²) in [6.07, 6.45) is -14.6. The molecule has 0 saturated carbocycles. The van der Waals surface area contributed by atoms with Crippen molar-refractivity contribution in [3.05, 3.63) is 83.4 Å². The number of alkyl halides is 9. The number of benzene rings is 4. The normalized spacial score (nSPS) is 13.4. The van der Waals surface area contributed by atoms with Gasteiger partial charge in [0.05, 0.1) is 22.2 Å². The van der Waals surface area contributed by atoms with E-state index in [1.165, 1.54) is 18.2 Å². The molecule has 0 amide bonds. The summed E-state index contributed by atoms with van der Waals surface area (Å²) < 4.78 is 121. The number of nitrogens with one attached hydrogen (secondary N) is 2. The maximum atomic E-state index is 13.6. The molecule has 6 rings (SSSR count). The Hall–Kier alpha value is -4.15. The van der Waals surface area contributed by atoms with Gasteiger partial charge in [-0.3, -0.25) is 0 Å². The maximum absolute atomic E-state index is 13.6. The lowest BCUT2D eigenvalue weighted by atomic mass is 9.99. The van der Waals surface area contributed by atoms with Crippen LogP contribution in [0.15, 0.2) is 66.7 Å². The number of hydrogen-bond acceptors (Lipinski definition) is 0. The van der Waals surface area contributed by atoms with E-state index in [2.05, 4.69) is 9.97 Å². The second-order valence-corrected chi connectivity index (χ2v) is 8.97. The number of aromatic amines is 2. The fourth-order valence-electron chi connectivity index (χ4n) is 4.82. The van der Waals surface area contributed by atoms with Crippen LogP contribution in [0.3, 0.4) is 0 Å². The topological polar surface area (TPSA) is 31.6 Å². The van der Waals surface area contributed by atoms with Crippen molar-refractivity contribution in [2.24, 2.45) is 0 Å². The van der Waals surface area contributed by atoms with Crippen LogP contribution >= 0.6 is 0 Å². The molecule has 2 N–H and O–H groups in total. The molecular formula is C27H13F9N2. The van der Waals surface area contributed by atoms with Crippen molar-refractivity contribution in [2.45, 2.75) is 18.5 Å². The van der Waals surface area contributed by atoms with Gasteiger partial charge in [-0.25, -0.2) is 0 Å². The SMILES string of the molecule is FC(F)(F)c1ccc2[nH]c3ccc(-c4ccc5[nH]c6c(C(F)(F)F)cc(C(F)(F)F)cc6c5c4)cc3c2c1. The predicted octanol–water partition coefficient (Wildman–Crippen LogP) is 9.68. The van der Waals surface area contributed by atoms with Crippen molar-refractivity contribution in [2.75, 3.05) is 0 Å². The van der Waals surface area contributed by atoms with Gasteiger partial charge in [-0.2, -0.15) is 39.5 Å². The third-order valence-corrected chi connectivity index (χ3v) is 6.60. The summed E-state index contributed by atoms with van der Waals surface area (Å²) in [7, 11) is 0. The monoisotopic (exact) mass is 536 g/mol. The summed E-state index contributed by atoms with van der Waals surface area (Å²) in [5.74, 6) is 0. The first-order chi connectivity index (χ1) is 17.7. The Morgan fingerprint density at radius 3 is 1.45 bits per heavy atom. The van der Waals surface area contributed by atoms with Crippen LogP contribution in [0.25, 0.3) is 54.7 Å². The zero-order valence-corrected chi connectivity index (χ0v) is 18.8. The molecule has 0 fully saturated rings. The van der Waals surface area contributed by atoms with Gasteiger partial charge in [-0.15, -0.1) is 0 Å². The van der Waals surface area contributed by atoms with Gasteiger partial charge in [0.1, 0.15) is 0 Å². The summed E-state index contributed by atoms with van der Waals surface area (Å²) in [6, 6.07) is 13.5. The average molecular weight is 536 g/mol. The number of hydrogen-bond donors (Lipinski definition) is 2. The molecule has 2 heterocycles. The molecule has 0 saturated heterocycles. The molecule has 0 aliphatic carbocycles. The maximum Gasteiger partial charge on any atom is 0.418 e. The minimum atomic E-state index is -5.03. The lowest BCUT2D eigenvalue weighted by molar-refractivity contribution is -0.142. The Labute approximate surface area is 206 Å². The molecule has 194 valence electrons. The number of fused-ring (bicyclic) bond motifs is 6. The van der Waals surface area contributed by atoms with Crippen LogP contribution in [0.4, 0.5) is 39.5 Å². The molecule has 6 aromatic rings. The second kappa shape index (κ2) is 7.68. The summed E-state index contributed by atoms with van der Waals surface area (Å²) in [6.45, 7) is 0. The lowest BCUT2D eigenvalue weighted by Gasteiger charge is -2.13. The molecule has 0 radical (unpaired) electrons. The lowest BCUT2D eigenvalue weighted by Crippen LogP contribution is -2.11. The van der Waals surface area contributed by atoms with Crippen LogP contribution in [-0.4, -0.2) is 9.97 Å². The van der Waals surface area contributed by atoms with Gasteiger partial charge in [0, 0.05) is 38.1 Å². The largest absolute Gasteiger partial charge is 0.418 e. The molecule has 0 atom stereocenters. The van der Waals surface area contributed by atoms with Crippen molar-refractivity contribution in [3.63, 3.8) is 0 Å². The van der Waals surface area contributed by atoms with Gasteiger partial charge < -0.3 is 9.97 Å². The van der Waals surface area contributed by atoms with E-state index >= 15 is 0 Å². The Balaban J connectivity index is 1.57. The summed E-state index contributed by atoms with van der Waals surface area (Å²) in [4.78, 5) is 5.62. The van der Waals surface area contributed by atoms with Crippen molar-refractivity contribution in [3.8, 4) is 11.1 Å². The van der Waals surface area contributed by atoms with Crippen molar-refractivity contribution >= 4 is 43.6 Å². The fraction of sp³-hybridized carbons (Fsp3) is 0.111. The van der Waals surface area contributed by atoms with Crippen molar-refractivity contribution < 1.29 is 39.5 Å². The van der Waals surface area contributed by atoms with Crippen LogP contribution in [0.1, 0.15) is 16.7 Å². The Morgan fingerprint density at radius 2 is 0.895 bits per heavy atom. The van der Waals surface area contributed by atoms with E-state index in [4.69, 9.17) is 0 Å². The van der Waals surface area contributed by atoms with Gasteiger partial charge in [-0.1, -0.05) is 12.1 Å². The van der Waals surface area contributed by atoms with E-state index in [1.807, 2.05) is 0 Å². The Bertz CT molecular complexity index is 1880. The first kappa shape index (κ1) is 24.2. The molecule has 2 nitrogen and oxygen atoms in total. The highest BCUT2D eigenvalue weighted by atomic mass is 19.4. The predicted molar refractivity (Wildman–Crippen MR) is 126 cm³/mol. The standard InChI is InChI=1S/C27H13F9N2/c28-25(29,30)14-3-6-22-18(9-14)16-7-12(1-4-21(16)37-22)13-2-5-23-17(8-13)19-10-15(26(31,32)33)11-20(24(19)38-23)27(34,35)36/h1-11,37-38H. The number of aromatic nitrogens is 2. The quantitative estimate of drug-likeness (QED) is 0.196. The Kier molecular flexibility index (Phi) is 4.89. The molecule has 38 heavy (non-hydrogen) atoms. The molecule has 0 aliphatic heterocycles. The van der Waals surface area contributed by atoms with Crippen LogP contribution in [0.2, 0.25) is 0 Å². The minimum absolute atomic E-state index is 0.0821. The first-order valence-electron chi connectivity index (χ1n) is 11.1. The fourth-order valence-corrected chi connectivity index (χ4v) is 4.82. The molecule has 2 aromatic heterocycles. The van der Waals surface area contributed by atoms with E-state index in [9.17, 15) is 39.5 Å². The summed E-state index contributed by atoms with van der Waals surface area (Å²) in [5.41, 5.74) is -1.90. The Morgan fingerprint density at radius 1 is 0.421 bits per heavy atom. The third-order valence-electron chi connectivity index (χ3n) is 6.60. The van der Waals surface area contributed by atoms with E-state index in [0.717, 1.165) is 12.1 Å². The van der Waals surface area contributed by atoms with E-state index < -0.39 is 40.7 Å². The zero-order chi connectivity index (χ0) is 27.2. The van der Waals surface area contributed by atoms with Crippen LogP contribution in [0.5, 0.6) is 0 Å². The first-order valence-corrected chi connectivity index (χ1v) is 11.1. The number of H-pyrrole nitrogens is 2. The minimum Gasteiger partial charge on any atom is -0.355 e.